The summed E-state index contributed by atoms with van der Waals surface area (Å²) in [4.78, 5) is 0. The molecule has 0 unspecified atom stereocenters. The van der Waals surface area contributed by atoms with Gasteiger partial charge in [0.15, 0.2) is 0 Å². The molecule has 2 atom stereocenters. The van der Waals surface area contributed by atoms with E-state index in [4.69, 9.17) is 13.6 Å². The van der Waals surface area contributed by atoms with Crippen LogP contribution in [0.3, 0.4) is 0 Å². The van der Waals surface area contributed by atoms with Crippen molar-refractivity contribution in [3.8, 4) is 0 Å². The molecule has 0 radical (unpaired) electrons. The average Bonchev–Trinajstić information content (AvgIpc) is 2.98. The molecule has 0 aromatic rings. The zero-order valence-corrected chi connectivity index (χ0v) is 22.7. The number of hydrogen-bond acceptors (Lipinski definition) is 3. The fraction of sp³-hybridized carbons (Fsp3) is 0.913. The van der Waals surface area contributed by atoms with Gasteiger partial charge in [-0.2, -0.15) is 0 Å². The zero-order valence-electron chi connectivity index (χ0n) is 20.7. The second-order valence-electron chi connectivity index (χ2n) is 10.5. The lowest BCUT2D eigenvalue weighted by atomic mass is 10.2. The van der Waals surface area contributed by atoms with Crippen LogP contribution < -0.4 is 0 Å². The Balaban J connectivity index is 3.02. The van der Waals surface area contributed by atoms with Gasteiger partial charge in [-0.3, -0.25) is 0 Å². The zero-order chi connectivity index (χ0) is 21.9. The van der Waals surface area contributed by atoms with Crippen LogP contribution in [0.4, 0.5) is 0 Å². The van der Waals surface area contributed by atoms with Gasteiger partial charge in [0.05, 0.1) is 12.9 Å². The molecule has 0 spiro atoms. The fourth-order valence-electron chi connectivity index (χ4n) is 6.04. The van der Waals surface area contributed by atoms with Crippen LogP contribution in [0, 0.1) is 0 Å². The monoisotopic (exact) mass is 428 g/mol. The first kappa shape index (κ1) is 25.9. The summed E-state index contributed by atoms with van der Waals surface area (Å²) in [7, 11) is -3.85. The molecule has 28 heavy (non-hydrogen) atoms. The quantitative estimate of drug-likeness (QED) is 0.316. The normalized spacial score (nSPS) is 21.2. The lowest BCUT2D eigenvalue weighted by Gasteiger charge is -2.45. The largest absolute Gasteiger partial charge is 0.493 e. The molecule has 1 rings (SSSR count). The summed E-state index contributed by atoms with van der Waals surface area (Å²) < 4.78 is 19.8. The highest BCUT2D eigenvalue weighted by atomic mass is 28.4. The predicted octanol–water partition coefficient (Wildman–Crippen LogP) is 7.65. The van der Waals surface area contributed by atoms with E-state index in [1.54, 1.807) is 0 Å². The lowest BCUT2D eigenvalue weighted by Crippen LogP contribution is -2.53. The first-order valence-corrected chi connectivity index (χ1v) is 15.8. The summed E-state index contributed by atoms with van der Waals surface area (Å²) in [6.45, 7) is 28.7. The average molecular weight is 429 g/mol. The van der Waals surface area contributed by atoms with E-state index in [9.17, 15) is 0 Å². The number of hydrogen-bond donors (Lipinski definition) is 0. The lowest BCUT2D eigenvalue weighted by molar-refractivity contribution is 0.0273. The van der Waals surface area contributed by atoms with E-state index in [1.165, 1.54) is 0 Å². The Hall–Kier alpha value is -0.106. The van der Waals surface area contributed by atoms with Crippen LogP contribution >= 0.6 is 0 Å². The van der Waals surface area contributed by atoms with E-state index in [-0.39, 0.29) is 12.2 Å². The second kappa shape index (κ2) is 10.3. The molecule has 5 heteroatoms. The van der Waals surface area contributed by atoms with Crippen molar-refractivity contribution in [1.82, 2.24) is 0 Å². The highest BCUT2D eigenvalue weighted by Crippen LogP contribution is 2.45. The minimum atomic E-state index is -1.95. The third kappa shape index (κ3) is 4.96. The molecule has 166 valence electrons. The Labute approximate surface area is 177 Å². The van der Waals surface area contributed by atoms with Crippen molar-refractivity contribution in [1.29, 1.82) is 0 Å². The molecule has 0 aliphatic carbocycles. The maximum atomic E-state index is 7.01. The summed E-state index contributed by atoms with van der Waals surface area (Å²) in [5.74, 6) is 0. The van der Waals surface area contributed by atoms with Crippen LogP contribution in [0.1, 0.15) is 83.1 Å². The van der Waals surface area contributed by atoms with Gasteiger partial charge in [0.2, 0.25) is 16.6 Å². The van der Waals surface area contributed by atoms with Crippen LogP contribution in [-0.4, -0.2) is 35.4 Å². The maximum Gasteiger partial charge on any atom is 0.201 e. The van der Waals surface area contributed by atoms with Crippen LogP contribution in [-0.2, 0) is 13.6 Å². The summed E-state index contributed by atoms with van der Waals surface area (Å²) in [6, 6.07) is 0. The van der Waals surface area contributed by atoms with Gasteiger partial charge in [0.25, 0.3) is 0 Å². The SMILES string of the molecule is CC(C)[Si](OC[C@H]1OC=C[C@@H]1O[Si](C(C)C)(C(C)C)C(C)C)(C(C)C)C(C)C. The molecule has 0 saturated carbocycles. The van der Waals surface area contributed by atoms with E-state index in [1.807, 2.05) is 6.26 Å². The van der Waals surface area contributed by atoms with Gasteiger partial charge in [-0.05, 0) is 39.3 Å². The van der Waals surface area contributed by atoms with Crippen LogP contribution in [0.5, 0.6) is 0 Å². The summed E-state index contributed by atoms with van der Waals surface area (Å²) in [5.41, 5.74) is 3.45. The van der Waals surface area contributed by atoms with Gasteiger partial charge >= 0.3 is 0 Å². The molecule has 1 aliphatic rings. The second-order valence-corrected chi connectivity index (χ2v) is 21.4. The van der Waals surface area contributed by atoms with Gasteiger partial charge in [-0.1, -0.05) is 83.1 Å². The van der Waals surface area contributed by atoms with E-state index < -0.39 is 16.6 Å². The van der Waals surface area contributed by atoms with E-state index in [2.05, 4.69) is 89.2 Å². The Bertz CT molecular complexity index is 455. The predicted molar refractivity (Wildman–Crippen MR) is 127 cm³/mol. The Morgan fingerprint density at radius 1 is 0.679 bits per heavy atom. The first-order chi connectivity index (χ1) is 12.8. The number of ether oxygens (including phenoxy) is 1. The van der Waals surface area contributed by atoms with Crippen LogP contribution in [0.2, 0.25) is 33.2 Å². The van der Waals surface area contributed by atoms with Crippen molar-refractivity contribution < 1.29 is 13.6 Å². The van der Waals surface area contributed by atoms with Gasteiger partial charge < -0.3 is 13.6 Å². The van der Waals surface area contributed by atoms with E-state index >= 15 is 0 Å². The van der Waals surface area contributed by atoms with E-state index in [0.717, 1.165) is 0 Å². The molecule has 0 N–H and O–H groups in total. The third-order valence-corrected chi connectivity index (χ3v) is 19.3. The molecule has 1 heterocycles. The topological polar surface area (TPSA) is 27.7 Å². The molecule has 1 aliphatic heterocycles. The van der Waals surface area contributed by atoms with Crippen molar-refractivity contribution in [2.24, 2.45) is 0 Å². The van der Waals surface area contributed by atoms with E-state index in [0.29, 0.717) is 39.9 Å². The fourth-order valence-corrected chi connectivity index (χ4v) is 17.0. The smallest absolute Gasteiger partial charge is 0.201 e. The van der Waals surface area contributed by atoms with Crippen LogP contribution in [0.15, 0.2) is 12.3 Å². The minimum Gasteiger partial charge on any atom is -0.493 e. The van der Waals surface area contributed by atoms with Crippen molar-refractivity contribution in [3.63, 3.8) is 0 Å². The number of rotatable bonds is 11. The molecule has 3 nitrogen and oxygen atoms in total. The molecule has 0 aromatic carbocycles. The Kier molecular flexibility index (Phi) is 9.51. The van der Waals surface area contributed by atoms with Gasteiger partial charge in [-0.15, -0.1) is 0 Å². The Morgan fingerprint density at radius 2 is 1.07 bits per heavy atom. The summed E-state index contributed by atoms with van der Waals surface area (Å²) in [5, 5.41) is 0. The summed E-state index contributed by atoms with van der Waals surface area (Å²) in [6.07, 6.45) is 3.94. The molecular weight excluding hydrogens is 380 g/mol. The molecule has 0 amide bonds. The first-order valence-electron chi connectivity index (χ1n) is 11.5. The highest BCUT2D eigenvalue weighted by molar-refractivity contribution is 6.78. The van der Waals surface area contributed by atoms with Crippen molar-refractivity contribution >= 4 is 16.6 Å². The van der Waals surface area contributed by atoms with Crippen molar-refractivity contribution in [3.05, 3.63) is 12.3 Å². The molecular formula is C23H48O3Si2. The molecule has 0 fully saturated rings. The van der Waals surface area contributed by atoms with Gasteiger partial charge in [0, 0.05) is 0 Å². The molecule has 0 bridgehead atoms. The summed E-state index contributed by atoms with van der Waals surface area (Å²) >= 11 is 0. The molecule has 0 aromatic heterocycles. The standard InChI is InChI=1S/C23H48O3Si2/c1-16(2)27(17(3)4,18(5)6)25-15-23-22(13-14-24-23)26-28(19(7)8,20(9)10)21(11)12/h13-14,16-23H,15H2,1-12H3/t22-,23+/m0/s1. The van der Waals surface area contributed by atoms with Gasteiger partial charge in [-0.25, -0.2) is 0 Å². The Morgan fingerprint density at radius 3 is 1.43 bits per heavy atom. The van der Waals surface area contributed by atoms with Crippen molar-refractivity contribution in [2.75, 3.05) is 6.61 Å². The highest BCUT2D eigenvalue weighted by Gasteiger charge is 2.49. The van der Waals surface area contributed by atoms with Crippen molar-refractivity contribution in [2.45, 2.75) is 129 Å². The maximum absolute atomic E-state index is 7.01. The minimum absolute atomic E-state index is 0.0112. The van der Waals surface area contributed by atoms with Gasteiger partial charge in [0.1, 0.15) is 12.2 Å². The molecule has 0 saturated heterocycles. The third-order valence-electron chi connectivity index (χ3n) is 7.14. The van der Waals surface area contributed by atoms with Crippen LogP contribution in [0.25, 0.3) is 0 Å².